The van der Waals surface area contributed by atoms with E-state index in [1.54, 1.807) is 18.2 Å². The molecule has 0 aliphatic carbocycles. The summed E-state index contributed by atoms with van der Waals surface area (Å²) >= 11 is 0. The van der Waals surface area contributed by atoms with Crippen LogP contribution in [-0.4, -0.2) is 24.6 Å². The summed E-state index contributed by atoms with van der Waals surface area (Å²) in [5, 5.41) is 13.9. The molecule has 1 atom stereocenters. The van der Waals surface area contributed by atoms with Crippen molar-refractivity contribution in [3.05, 3.63) is 28.3 Å². The number of nitrogens with two attached hydrogens (primary N) is 1. The molecule has 0 aliphatic heterocycles. The van der Waals surface area contributed by atoms with Gasteiger partial charge < -0.3 is 15.8 Å². The van der Waals surface area contributed by atoms with Gasteiger partial charge in [0.25, 0.3) is 0 Å². The zero-order valence-corrected chi connectivity index (χ0v) is 9.27. The third kappa shape index (κ3) is 2.60. The maximum atomic E-state index is 10.9. The molecule has 0 saturated carbocycles. The Kier molecular flexibility index (Phi) is 4.07. The second-order valence-electron chi connectivity index (χ2n) is 3.39. The minimum Gasteiger partial charge on any atom is -0.490 e. The molecule has 0 spiro atoms. The molecule has 16 heavy (non-hydrogen) atoms. The summed E-state index contributed by atoms with van der Waals surface area (Å²) in [5.41, 5.74) is 5.81. The number of benzene rings is 1. The molecule has 1 aromatic rings. The van der Waals surface area contributed by atoms with Crippen LogP contribution in [0.25, 0.3) is 0 Å². The van der Waals surface area contributed by atoms with Crippen molar-refractivity contribution in [3.63, 3.8) is 0 Å². The smallest absolute Gasteiger partial charge is 0.333 e. The first-order valence-electron chi connectivity index (χ1n) is 4.88. The summed E-state index contributed by atoms with van der Waals surface area (Å²) in [6, 6.07) is 4.84. The van der Waals surface area contributed by atoms with E-state index < -0.39 is 4.92 Å². The zero-order chi connectivity index (χ0) is 12.1. The highest BCUT2D eigenvalue weighted by Crippen LogP contribution is 2.34. The van der Waals surface area contributed by atoms with E-state index in [1.807, 2.05) is 6.92 Å². The van der Waals surface area contributed by atoms with Gasteiger partial charge in [-0.2, -0.15) is 0 Å². The van der Waals surface area contributed by atoms with Crippen molar-refractivity contribution in [1.82, 2.24) is 0 Å². The van der Waals surface area contributed by atoms with Crippen molar-refractivity contribution >= 4 is 11.4 Å². The fourth-order valence-corrected chi connectivity index (χ4v) is 1.32. The van der Waals surface area contributed by atoms with Crippen LogP contribution >= 0.6 is 0 Å². The summed E-state index contributed by atoms with van der Waals surface area (Å²) in [5.74, 6) is 0.235. The van der Waals surface area contributed by atoms with Gasteiger partial charge in [-0.05, 0) is 19.1 Å². The molecular formula is C10H15N3O3. The van der Waals surface area contributed by atoms with Crippen LogP contribution in [0, 0.1) is 10.1 Å². The van der Waals surface area contributed by atoms with E-state index in [9.17, 15) is 10.1 Å². The van der Waals surface area contributed by atoms with Crippen LogP contribution in [-0.2, 0) is 0 Å². The molecule has 6 nitrogen and oxygen atoms in total. The first-order chi connectivity index (χ1) is 7.60. The maximum absolute atomic E-state index is 10.9. The lowest BCUT2D eigenvalue weighted by Gasteiger charge is -2.13. The molecule has 0 amide bonds. The molecule has 88 valence electrons. The molecule has 0 aromatic heterocycles. The normalized spacial score (nSPS) is 11.9. The molecule has 1 aromatic carbocycles. The second kappa shape index (κ2) is 5.32. The molecule has 1 unspecified atom stereocenters. The summed E-state index contributed by atoms with van der Waals surface area (Å²) in [6.45, 7) is 2.25. The molecule has 0 aliphatic rings. The van der Waals surface area contributed by atoms with Gasteiger partial charge in [-0.3, -0.25) is 10.1 Å². The van der Waals surface area contributed by atoms with Gasteiger partial charge >= 0.3 is 5.69 Å². The predicted octanol–water partition coefficient (Wildman–Crippen LogP) is 1.36. The Morgan fingerprint density at radius 1 is 1.62 bits per heavy atom. The number of methoxy groups -OCH3 is 1. The average Bonchev–Trinajstić information content (AvgIpc) is 2.28. The standard InChI is InChI=1S/C10H15N3O3/c1-7(6-11)12-8-4-3-5-9(16-2)10(8)13(14)15/h3-5,7,12H,6,11H2,1-2H3. The largest absolute Gasteiger partial charge is 0.490 e. The topological polar surface area (TPSA) is 90.4 Å². The Morgan fingerprint density at radius 3 is 2.81 bits per heavy atom. The fraction of sp³-hybridized carbons (Fsp3) is 0.400. The minimum absolute atomic E-state index is 0.0363. The van der Waals surface area contributed by atoms with Gasteiger partial charge in [-0.1, -0.05) is 6.07 Å². The quantitative estimate of drug-likeness (QED) is 0.583. The lowest BCUT2D eigenvalue weighted by molar-refractivity contribution is -0.384. The number of nitro groups is 1. The lowest BCUT2D eigenvalue weighted by Crippen LogP contribution is -2.25. The molecule has 0 bridgehead atoms. The van der Waals surface area contributed by atoms with Gasteiger partial charge in [0.05, 0.1) is 12.0 Å². The van der Waals surface area contributed by atoms with Crippen LogP contribution in [0.3, 0.4) is 0 Å². The van der Waals surface area contributed by atoms with E-state index in [0.29, 0.717) is 12.2 Å². The number of hydrogen-bond acceptors (Lipinski definition) is 5. The Labute approximate surface area is 93.5 Å². The first kappa shape index (κ1) is 12.3. The number of ether oxygens (including phenoxy) is 1. The first-order valence-corrected chi connectivity index (χ1v) is 4.88. The highest BCUT2D eigenvalue weighted by Gasteiger charge is 2.20. The van der Waals surface area contributed by atoms with E-state index in [0.717, 1.165) is 0 Å². The van der Waals surface area contributed by atoms with E-state index in [2.05, 4.69) is 5.32 Å². The molecular weight excluding hydrogens is 210 g/mol. The Bertz CT molecular complexity index is 382. The van der Waals surface area contributed by atoms with Crippen LogP contribution in [0.5, 0.6) is 5.75 Å². The lowest BCUT2D eigenvalue weighted by atomic mass is 10.2. The molecule has 0 fully saturated rings. The average molecular weight is 225 g/mol. The second-order valence-corrected chi connectivity index (χ2v) is 3.39. The van der Waals surface area contributed by atoms with Crippen molar-refractivity contribution in [2.45, 2.75) is 13.0 Å². The van der Waals surface area contributed by atoms with Gasteiger partial charge in [-0.25, -0.2) is 0 Å². The SMILES string of the molecule is COc1cccc(NC(C)CN)c1[N+](=O)[O-]. The molecule has 3 N–H and O–H groups in total. The van der Waals surface area contributed by atoms with Crippen molar-refractivity contribution < 1.29 is 9.66 Å². The summed E-state index contributed by atoms with van der Waals surface area (Å²) in [6.07, 6.45) is 0. The highest BCUT2D eigenvalue weighted by atomic mass is 16.6. The number of anilines is 1. The third-order valence-corrected chi connectivity index (χ3v) is 2.16. The molecule has 0 saturated heterocycles. The van der Waals surface area contributed by atoms with Gasteiger partial charge in [0.15, 0.2) is 5.75 Å². The van der Waals surface area contributed by atoms with Crippen LogP contribution < -0.4 is 15.8 Å². The zero-order valence-electron chi connectivity index (χ0n) is 9.27. The van der Waals surface area contributed by atoms with Crippen molar-refractivity contribution in [2.24, 2.45) is 5.73 Å². The van der Waals surface area contributed by atoms with Crippen LogP contribution in [0.1, 0.15) is 6.92 Å². The molecule has 1 rings (SSSR count). The van der Waals surface area contributed by atoms with Crippen molar-refractivity contribution in [2.75, 3.05) is 19.0 Å². The summed E-state index contributed by atoms with van der Waals surface area (Å²) < 4.78 is 4.95. The van der Waals surface area contributed by atoms with Crippen molar-refractivity contribution in [1.29, 1.82) is 0 Å². The number of para-hydroxylation sites is 1. The highest BCUT2D eigenvalue weighted by molar-refractivity contribution is 5.68. The van der Waals surface area contributed by atoms with Crippen molar-refractivity contribution in [3.8, 4) is 5.75 Å². The summed E-state index contributed by atoms with van der Waals surface area (Å²) in [7, 11) is 1.40. The molecule has 0 radical (unpaired) electrons. The van der Waals surface area contributed by atoms with Crippen LogP contribution in [0.4, 0.5) is 11.4 Å². The minimum atomic E-state index is -0.468. The fourth-order valence-electron chi connectivity index (χ4n) is 1.32. The molecule has 6 heteroatoms. The number of rotatable bonds is 5. The van der Waals surface area contributed by atoms with E-state index in [1.165, 1.54) is 7.11 Å². The van der Waals surface area contributed by atoms with Crippen LogP contribution in [0.15, 0.2) is 18.2 Å². The summed E-state index contributed by atoms with van der Waals surface area (Å²) in [4.78, 5) is 10.5. The monoisotopic (exact) mass is 225 g/mol. The number of hydrogen-bond donors (Lipinski definition) is 2. The third-order valence-electron chi connectivity index (χ3n) is 2.16. The number of nitro benzene ring substituents is 1. The number of nitrogens with zero attached hydrogens (tertiary/aromatic N) is 1. The van der Waals surface area contributed by atoms with Gasteiger partial charge in [0.1, 0.15) is 5.69 Å². The molecule has 0 heterocycles. The van der Waals surface area contributed by atoms with E-state index in [4.69, 9.17) is 10.5 Å². The maximum Gasteiger partial charge on any atom is 0.333 e. The predicted molar refractivity (Wildman–Crippen MR) is 61.8 cm³/mol. The van der Waals surface area contributed by atoms with Crippen LogP contribution in [0.2, 0.25) is 0 Å². The number of nitrogens with one attached hydrogen (secondary N) is 1. The van der Waals surface area contributed by atoms with Gasteiger partial charge in [0, 0.05) is 12.6 Å². The van der Waals surface area contributed by atoms with E-state index in [-0.39, 0.29) is 17.5 Å². The van der Waals surface area contributed by atoms with Gasteiger partial charge in [-0.15, -0.1) is 0 Å². The van der Waals surface area contributed by atoms with Gasteiger partial charge in [0.2, 0.25) is 0 Å². The Hall–Kier alpha value is -1.82. The Balaban J connectivity index is 3.12. The Morgan fingerprint density at radius 2 is 2.31 bits per heavy atom. The van der Waals surface area contributed by atoms with E-state index >= 15 is 0 Å².